The molecule has 0 unspecified atom stereocenters. The monoisotopic (exact) mass is 245 g/mol. The van der Waals surface area contributed by atoms with E-state index >= 15 is 0 Å². The second kappa shape index (κ2) is 6.74. The number of carboxylic acid groups (broad SMARTS) is 1. The maximum Gasteiger partial charge on any atom is 0.327 e. The van der Waals surface area contributed by atoms with E-state index in [-0.39, 0.29) is 5.75 Å². The van der Waals surface area contributed by atoms with Crippen LogP contribution < -0.4 is 0 Å². The van der Waals surface area contributed by atoms with Gasteiger partial charge in [-0.1, -0.05) is 18.7 Å². The summed E-state index contributed by atoms with van der Waals surface area (Å²) in [5.41, 5.74) is 1.28. The molecule has 1 aromatic heterocycles. The van der Waals surface area contributed by atoms with Crippen molar-refractivity contribution in [2.75, 3.05) is 0 Å². The fourth-order valence-electron chi connectivity index (χ4n) is 1.07. The predicted octanol–water partition coefficient (Wildman–Crippen LogP) is 1.50. The Morgan fingerprint density at radius 3 is 2.44 bits per heavy atom. The molecule has 92 valence electrons. The number of para-hydroxylation sites is 1. The lowest BCUT2D eigenvalue weighted by molar-refractivity contribution is -0.131. The highest BCUT2D eigenvalue weighted by Crippen LogP contribution is 2.25. The summed E-state index contributed by atoms with van der Waals surface area (Å²) >= 11 is 0. The van der Waals surface area contributed by atoms with Gasteiger partial charge in [-0.15, -0.1) is 10.2 Å². The topological polar surface area (TPSA) is 96.2 Å². The maximum absolute atomic E-state index is 9.48. The first kappa shape index (κ1) is 13.3. The molecule has 18 heavy (non-hydrogen) atoms. The van der Waals surface area contributed by atoms with E-state index in [0.717, 1.165) is 6.08 Å². The summed E-state index contributed by atoms with van der Waals surface area (Å²) < 4.78 is 0. The summed E-state index contributed by atoms with van der Waals surface area (Å²) in [6, 6.07) is 8.67. The van der Waals surface area contributed by atoms with Gasteiger partial charge < -0.3 is 10.2 Å². The van der Waals surface area contributed by atoms with Crippen LogP contribution in [-0.4, -0.2) is 31.6 Å². The smallest absolute Gasteiger partial charge is 0.327 e. The van der Waals surface area contributed by atoms with Crippen LogP contribution >= 0.6 is 0 Å². The molecule has 1 heterocycles. The minimum atomic E-state index is -0.981. The Bertz CT molecular complexity index is 529. The molecule has 2 aromatic rings. The van der Waals surface area contributed by atoms with Crippen molar-refractivity contribution in [2.45, 2.75) is 0 Å². The molecule has 0 aliphatic rings. The van der Waals surface area contributed by atoms with Gasteiger partial charge in [-0.3, -0.25) is 0 Å². The molecule has 0 fully saturated rings. The van der Waals surface area contributed by atoms with E-state index < -0.39 is 5.97 Å². The molecule has 0 aliphatic carbocycles. The molecule has 2 N–H and O–H groups in total. The third-order valence-electron chi connectivity index (χ3n) is 1.86. The Hall–Kier alpha value is -2.76. The lowest BCUT2D eigenvalue weighted by atomic mass is 10.1. The van der Waals surface area contributed by atoms with E-state index in [1.165, 1.54) is 6.20 Å². The van der Waals surface area contributed by atoms with Crippen molar-refractivity contribution in [3.05, 3.63) is 49.2 Å². The second-order valence-corrected chi connectivity index (χ2v) is 3.07. The van der Waals surface area contributed by atoms with Crippen LogP contribution in [0.3, 0.4) is 0 Å². The quantitative estimate of drug-likeness (QED) is 0.778. The van der Waals surface area contributed by atoms with E-state index in [1.807, 2.05) is 6.07 Å². The standard InChI is InChI=1S/C9H7N3O.C3H4O2/c13-9-4-2-1-3-7(9)8-5-6-10-12-11-8;1-2-3(4)5/h1-6,13H;2H,1H2,(H,4,5). The molecule has 6 nitrogen and oxygen atoms in total. The second-order valence-electron chi connectivity index (χ2n) is 3.07. The molecule has 0 bridgehead atoms. The number of aromatic hydroxyl groups is 1. The summed E-state index contributed by atoms with van der Waals surface area (Å²) in [6.07, 6.45) is 2.37. The van der Waals surface area contributed by atoms with Crippen molar-refractivity contribution in [1.29, 1.82) is 0 Å². The zero-order valence-electron chi connectivity index (χ0n) is 9.39. The van der Waals surface area contributed by atoms with Gasteiger partial charge >= 0.3 is 5.97 Å². The van der Waals surface area contributed by atoms with Gasteiger partial charge in [0.15, 0.2) is 0 Å². The number of rotatable bonds is 2. The maximum atomic E-state index is 9.48. The highest BCUT2D eigenvalue weighted by atomic mass is 16.4. The minimum Gasteiger partial charge on any atom is -0.507 e. The first-order chi connectivity index (χ1) is 8.65. The molecule has 0 spiro atoms. The summed E-state index contributed by atoms with van der Waals surface area (Å²) in [5.74, 6) is -0.784. The highest BCUT2D eigenvalue weighted by molar-refractivity contribution is 5.78. The van der Waals surface area contributed by atoms with Gasteiger partial charge in [0, 0.05) is 11.6 Å². The summed E-state index contributed by atoms with van der Waals surface area (Å²) in [7, 11) is 0. The Morgan fingerprint density at radius 1 is 1.28 bits per heavy atom. The van der Waals surface area contributed by atoms with Crippen LogP contribution in [-0.2, 0) is 4.79 Å². The Morgan fingerprint density at radius 2 is 1.94 bits per heavy atom. The van der Waals surface area contributed by atoms with Gasteiger partial charge in [0.25, 0.3) is 0 Å². The summed E-state index contributed by atoms with van der Waals surface area (Å²) in [6.45, 7) is 2.96. The van der Waals surface area contributed by atoms with Crippen LogP contribution in [0.2, 0.25) is 0 Å². The van der Waals surface area contributed by atoms with Crippen LogP contribution in [0.4, 0.5) is 0 Å². The first-order valence-electron chi connectivity index (χ1n) is 4.93. The fourth-order valence-corrected chi connectivity index (χ4v) is 1.07. The van der Waals surface area contributed by atoms with E-state index in [4.69, 9.17) is 5.11 Å². The number of hydrogen-bond donors (Lipinski definition) is 2. The van der Waals surface area contributed by atoms with Crippen molar-refractivity contribution in [1.82, 2.24) is 15.4 Å². The normalized spacial score (nSPS) is 8.89. The fraction of sp³-hybridized carbons (Fsp3) is 0. The van der Waals surface area contributed by atoms with Crippen molar-refractivity contribution in [3.63, 3.8) is 0 Å². The minimum absolute atomic E-state index is 0.197. The highest BCUT2D eigenvalue weighted by Gasteiger charge is 2.03. The molecule has 0 radical (unpaired) electrons. The number of phenolic OH excluding ortho intramolecular Hbond substituents is 1. The molecule has 0 aliphatic heterocycles. The molecule has 1 aromatic carbocycles. The molecule has 0 saturated carbocycles. The van der Waals surface area contributed by atoms with Gasteiger partial charge in [0.05, 0.1) is 11.9 Å². The van der Waals surface area contributed by atoms with E-state index in [9.17, 15) is 9.90 Å². The molecule has 0 atom stereocenters. The average Bonchev–Trinajstić information content (AvgIpc) is 2.41. The number of benzene rings is 1. The largest absolute Gasteiger partial charge is 0.507 e. The SMILES string of the molecule is C=CC(=O)O.Oc1ccccc1-c1ccnnn1. The number of nitrogens with zero attached hydrogens (tertiary/aromatic N) is 3. The van der Waals surface area contributed by atoms with E-state index in [2.05, 4.69) is 22.0 Å². The molecular weight excluding hydrogens is 234 g/mol. The number of hydrogen-bond acceptors (Lipinski definition) is 5. The number of aliphatic carboxylic acids is 1. The molecule has 6 heteroatoms. The number of carboxylic acids is 1. The van der Waals surface area contributed by atoms with Crippen LogP contribution in [0.15, 0.2) is 49.2 Å². The zero-order valence-corrected chi connectivity index (χ0v) is 9.39. The number of phenols is 1. The molecule has 0 amide bonds. The molecule has 0 saturated heterocycles. The number of carbonyl (C=O) groups is 1. The summed E-state index contributed by atoms with van der Waals surface area (Å²) in [5, 5.41) is 27.9. The third kappa shape index (κ3) is 4.01. The molecular formula is C12H11N3O3. The van der Waals surface area contributed by atoms with Gasteiger partial charge in [0.1, 0.15) is 5.75 Å². The Labute approximate surface area is 103 Å². The Kier molecular flexibility index (Phi) is 4.98. The van der Waals surface area contributed by atoms with Crippen molar-refractivity contribution < 1.29 is 15.0 Å². The third-order valence-corrected chi connectivity index (χ3v) is 1.86. The van der Waals surface area contributed by atoms with Crippen molar-refractivity contribution in [3.8, 4) is 17.0 Å². The van der Waals surface area contributed by atoms with Gasteiger partial charge in [-0.2, -0.15) is 0 Å². The van der Waals surface area contributed by atoms with Crippen LogP contribution in [0.1, 0.15) is 0 Å². The zero-order chi connectivity index (χ0) is 13.4. The van der Waals surface area contributed by atoms with Gasteiger partial charge in [0.2, 0.25) is 0 Å². The predicted molar refractivity (Wildman–Crippen MR) is 64.8 cm³/mol. The first-order valence-corrected chi connectivity index (χ1v) is 4.93. The van der Waals surface area contributed by atoms with Crippen LogP contribution in [0.5, 0.6) is 5.75 Å². The van der Waals surface area contributed by atoms with Crippen LogP contribution in [0.25, 0.3) is 11.3 Å². The van der Waals surface area contributed by atoms with E-state index in [0.29, 0.717) is 11.3 Å². The van der Waals surface area contributed by atoms with E-state index in [1.54, 1.807) is 24.3 Å². The van der Waals surface area contributed by atoms with Crippen molar-refractivity contribution >= 4 is 5.97 Å². The van der Waals surface area contributed by atoms with Crippen molar-refractivity contribution in [2.24, 2.45) is 0 Å². The lowest BCUT2D eigenvalue weighted by Crippen LogP contribution is -1.88. The van der Waals surface area contributed by atoms with Gasteiger partial charge in [-0.05, 0) is 23.4 Å². The molecule has 2 rings (SSSR count). The average molecular weight is 245 g/mol. The van der Waals surface area contributed by atoms with Gasteiger partial charge in [-0.25, -0.2) is 4.79 Å². The lowest BCUT2D eigenvalue weighted by Gasteiger charge is -2.00. The summed E-state index contributed by atoms with van der Waals surface area (Å²) in [4.78, 5) is 9.25. The van der Waals surface area contributed by atoms with Crippen LogP contribution in [0, 0.1) is 0 Å². The number of aromatic nitrogens is 3. The Balaban J connectivity index is 0.000000280.